The van der Waals surface area contributed by atoms with Gasteiger partial charge in [0.2, 0.25) is 0 Å². The summed E-state index contributed by atoms with van der Waals surface area (Å²) in [6.07, 6.45) is 2.01. The Hall–Kier alpha value is -0.493. The molecule has 2 nitrogen and oxygen atoms in total. The Balaban J connectivity index is 3.11. The molecular weight excluding hydrogens is 355 g/mol. The standard InChI is InChI=1S/C14H21IO2Si/c1-4-18(5-2,6-3)17-14-11-13(16)8-7-12(14)9-10-15/h7-11,16H,4-6H2,1-3H3/b10-9+. The highest BCUT2D eigenvalue weighted by molar-refractivity contribution is 14.1. The molecule has 0 aliphatic rings. The van der Waals surface area contributed by atoms with Crippen LogP contribution in [0.1, 0.15) is 26.3 Å². The highest BCUT2D eigenvalue weighted by Gasteiger charge is 2.31. The van der Waals surface area contributed by atoms with E-state index < -0.39 is 8.32 Å². The number of hydrogen-bond acceptors (Lipinski definition) is 2. The molecule has 0 amide bonds. The number of aromatic hydroxyl groups is 1. The van der Waals surface area contributed by atoms with Gasteiger partial charge in [0.15, 0.2) is 0 Å². The molecule has 4 heteroatoms. The number of phenols is 1. The average molecular weight is 376 g/mol. The minimum atomic E-state index is -1.69. The van der Waals surface area contributed by atoms with Crippen LogP contribution in [0.15, 0.2) is 22.3 Å². The van der Waals surface area contributed by atoms with Gasteiger partial charge in [-0.2, -0.15) is 0 Å². The Morgan fingerprint density at radius 2 is 1.83 bits per heavy atom. The van der Waals surface area contributed by atoms with E-state index in [0.717, 1.165) is 29.4 Å². The van der Waals surface area contributed by atoms with Crippen LogP contribution in [-0.4, -0.2) is 13.4 Å². The molecule has 18 heavy (non-hydrogen) atoms. The van der Waals surface area contributed by atoms with Crippen LogP contribution < -0.4 is 4.43 Å². The van der Waals surface area contributed by atoms with Gasteiger partial charge in [0.25, 0.3) is 8.32 Å². The Kier molecular flexibility index (Phi) is 6.21. The van der Waals surface area contributed by atoms with Crippen LogP contribution in [0.5, 0.6) is 11.5 Å². The van der Waals surface area contributed by atoms with Crippen LogP contribution in [0.4, 0.5) is 0 Å². The van der Waals surface area contributed by atoms with Crippen molar-refractivity contribution in [3.63, 3.8) is 0 Å². The van der Waals surface area contributed by atoms with E-state index in [1.165, 1.54) is 0 Å². The number of rotatable bonds is 6. The van der Waals surface area contributed by atoms with Gasteiger partial charge < -0.3 is 9.53 Å². The predicted molar refractivity (Wildman–Crippen MR) is 89.0 cm³/mol. The quantitative estimate of drug-likeness (QED) is 0.548. The van der Waals surface area contributed by atoms with E-state index in [2.05, 4.69) is 43.4 Å². The van der Waals surface area contributed by atoms with Gasteiger partial charge in [0.05, 0.1) is 0 Å². The van der Waals surface area contributed by atoms with E-state index in [0.29, 0.717) is 0 Å². The third-order valence-electron chi connectivity index (χ3n) is 3.50. The molecule has 1 aromatic carbocycles. The highest BCUT2D eigenvalue weighted by atomic mass is 127. The largest absolute Gasteiger partial charge is 0.543 e. The summed E-state index contributed by atoms with van der Waals surface area (Å²) >= 11 is 2.19. The molecule has 0 aliphatic heterocycles. The third kappa shape index (κ3) is 3.75. The first-order valence-electron chi connectivity index (χ1n) is 6.39. The molecule has 0 unspecified atom stereocenters. The van der Waals surface area contributed by atoms with Crippen LogP contribution in [0.3, 0.4) is 0 Å². The summed E-state index contributed by atoms with van der Waals surface area (Å²) in [7, 11) is -1.69. The first kappa shape index (κ1) is 15.6. The van der Waals surface area contributed by atoms with Crippen LogP contribution >= 0.6 is 22.6 Å². The van der Waals surface area contributed by atoms with Gasteiger partial charge in [-0.25, -0.2) is 0 Å². The molecule has 0 bridgehead atoms. The van der Waals surface area contributed by atoms with Gasteiger partial charge in [0.1, 0.15) is 11.5 Å². The lowest BCUT2D eigenvalue weighted by Gasteiger charge is -2.29. The molecule has 1 rings (SSSR count). The monoisotopic (exact) mass is 376 g/mol. The second-order valence-corrected chi connectivity index (χ2v) is 9.77. The molecule has 0 aromatic heterocycles. The zero-order valence-electron chi connectivity index (χ0n) is 11.2. The van der Waals surface area contributed by atoms with Gasteiger partial charge in [-0.05, 0) is 40.4 Å². The van der Waals surface area contributed by atoms with Crippen molar-refractivity contribution >= 4 is 37.0 Å². The molecular formula is C14H21IO2Si. The maximum Gasteiger partial charge on any atom is 0.250 e. The second kappa shape index (κ2) is 7.18. The molecule has 0 aliphatic carbocycles. The van der Waals surface area contributed by atoms with Crippen molar-refractivity contribution in [1.82, 2.24) is 0 Å². The molecule has 0 spiro atoms. The smallest absolute Gasteiger partial charge is 0.250 e. The van der Waals surface area contributed by atoms with Gasteiger partial charge >= 0.3 is 0 Å². The molecule has 0 heterocycles. The van der Waals surface area contributed by atoms with E-state index in [4.69, 9.17) is 4.43 Å². The van der Waals surface area contributed by atoms with Crippen LogP contribution in [-0.2, 0) is 0 Å². The number of benzene rings is 1. The van der Waals surface area contributed by atoms with E-state index >= 15 is 0 Å². The van der Waals surface area contributed by atoms with Crippen molar-refractivity contribution in [1.29, 1.82) is 0 Å². The Morgan fingerprint density at radius 1 is 1.22 bits per heavy atom. The Bertz CT molecular complexity index is 406. The van der Waals surface area contributed by atoms with E-state index in [9.17, 15) is 5.11 Å². The first-order chi connectivity index (χ1) is 8.60. The van der Waals surface area contributed by atoms with Crippen molar-refractivity contribution in [3.8, 4) is 11.5 Å². The highest BCUT2D eigenvalue weighted by Crippen LogP contribution is 2.31. The second-order valence-electron chi connectivity index (χ2n) is 4.36. The molecule has 0 fully saturated rings. The van der Waals surface area contributed by atoms with Crippen molar-refractivity contribution < 1.29 is 9.53 Å². The minimum absolute atomic E-state index is 0.266. The normalized spacial score (nSPS) is 12.0. The van der Waals surface area contributed by atoms with Crippen molar-refractivity contribution in [2.24, 2.45) is 0 Å². The maximum atomic E-state index is 9.63. The molecule has 1 aromatic rings. The summed E-state index contributed by atoms with van der Waals surface area (Å²) < 4.78 is 8.30. The number of halogens is 1. The molecule has 0 radical (unpaired) electrons. The summed E-state index contributed by atoms with van der Waals surface area (Å²) in [5, 5.41) is 9.63. The number of hydrogen-bond donors (Lipinski definition) is 1. The van der Waals surface area contributed by atoms with Gasteiger partial charge in [-0.15, -0.1) is 0 Å². The van der Waals surface area contributed by atoms with E-state index in [1.54, 1.807) is 12.1 Å². The molecule has 1 N–H and O–H groups in total. The molecule has 100 valence electrons. The Labute approximate surface area is 124 Å². The maximum absolute atomic E-state index is 9.63. The molecule has 0 saturated carbocycles. The fourth-order valence-corrected chi connectivity index (χ4v) is 4.98. The summed E-state index contributed by atoms with van der Waals surface area (Å²) in [5.74, 6) is 1.09. The summed E-state index contributed by atoms with van der Waals surface area (Å²) in [6.45, 7) is 6.61. The lowest BCUT2D eigenvalue weighted by atomic mass is 10.2. The summed E-state index contributed by atoms with van der Waals surface area (Å²) in [5.41, 5.74) is 1.04. The average Bonchev–Trinajstić information content (AvgIpc) is 2.39. The molecule has 0 atom stereocenters. The zero-order chi connectivity index (χ0) is 13.6. The lowest BCUT2D eigenvalue weighted by Crippen LogP contribution is -2.39. The zero-order valence-corrected chi connectivity index (χ0v) is 14.4. The summed E-state index contributed by atoms with van der Waals surface area (Å²) in [4.78, 5) is 0. The van der Waals surface area contributed by atoms with Crippen molar-refractivity contribution in [2.75, 3.05) is 0 Å². The third-order valence-corrected chi connectivity index (χ3v) is 8.38. The number of phenolic OH excluding ortho intramolecular Hbond substituents is 1. The fraction of sp³-hybridized carbons (Fsp3) is 0.429. The van der Waals surface area contributed by atoms with Crippen molar-refractivity contribution in [2.45, 2.75) is 38.9 Å². The topological polar surface area (TPSA) is 29.5 Å². The minimum Gasteiger partial charge on any atom is -0.543 e. The van der Waals surface area contributed by atoms with Gasteiger partial charge in [-0.1, -0.05) is 43.4 Å². The van der Waals surface area contributed by atoms with Crippen LogP contribution in [0.2, 0.25) is 18.1 Å². The Morgan fingerprint density at radius 3 is 2.33 bits per heavy atom. The first-order valence-corrected chi connectivity index (χ1v) is 10.2. The van der Waals surface area contributed by atoms with E-state index in [1.807, 2.05) is 16.2 Å². The van der Waals surface area contributed by atoms with Crippen LogP contribution in [0, 0.1) is 0 Å². The van der Waals surface area contributed by atoms with Gasteiger partial charge in [-0.3, -0.25) is 0 Å². The lowest BCUT2D eigenvalue weighted by molar-refractivity contribution is 0.467. The van der Waals surface area contributed by atoms with Crippen LogP contribution in [0.25, 0.3) is 6.08 Å². The van der Waals surface area contributed by atoms with Gasteiger partial charge in [0, 0.05) is 11.6 Å². The SMILES string of the molecule is CC[Si](CC)(CC)Oc1cc(O)ccc1/C=C/I. The van der Waals surface area contributed by atoms with E-state index in [-0.39, 0.29) is 5.75 Å². The summed E-state index contributed by atoms with van der Waals surface area (Å²) in [6, 6.07) is 8.63. The molecule has 0 saturated heterocycles. The fourth-order valence-electron chi connectivity index (χ4n) is 2.02. The predicted octanol–water partition coefficient (Wildman–Crippen LogP) is 5.18. The van der Waals surface area contributed by atoms with Crippen molar-refractivity contribution in [3.05, 3.63) is 27.8 Å².